The van der Waals surface area contributed by atoms with Gasteiger partial charge in [-0.25, -0.2) is 0 Å². The fourth-order valence-electron chi connectivity index (χ4n) is 10.9. The van der Waals surface area contributed by atoms with E-state index in [9.17, 15) is 0 Å². The maximum atomic E-state index is 6.58. The van der Waals surface area contributed by atoms with Crippen LogP contribution in [0.1, 0.15) is 40.0 Å². The highest BCUT2D eigenvalue weighted by molar-refractivity contribution is 6.10. The Bertz CT molecular complexity index is 3560. The fraction of sp³-hybridized carbons (Fsp3) is 0.0492. The highest BCUT2D eigenvalue weighted by Gasteiger charge is 2.46. The Morgan fingerprint density at radius 2 is 1.08 bits per heavy atom. The van der Waals surface area contributed by atoms with Crippen molar-refractivity contribution in [2.24, 2.45) is 0 Å². The first-order valence-electron chi connectivity index (χ1n) is 22.3. The van der Waals surface area contributed by atoms with Crippen LogP contribution in [0.5, 0.6) is 0 Å². The van der Waals surface area contributed by atoms with E-state index in [-0.39, 0.29) is 0 Å². The van der Waals surface area contributed by atoms with Gasteiger partial charge in [0.1, 0.15) is 11.3 Å². The Morgan fingerprint density at radius 1 is 0.453 bits per heavy atom. The number of furan rings is 1. The zero-order valence-corrected chi connectivity index (χ0v) is 35.2. The highest BCUT2D eigenvalue weighted by atomic mass is 16.3. The molecule has 0 saturated carbocycles. The summed E-state index contributed by atoms with van der Waals surface area (Å²) in [5.41, 5.74) is 18.4. The molecule has 0 bridgehead atoms. The molecule has 2 heterocycles. The van der Waals surface area contributed by atoms with Crippen LogP contribution in [0.4, 0.5) is 17.1 Å². The van der Waals surface area contributed by atoms with E-state index in [0.29, 0.717) is 0 Å². The lowest BCUT2D eigenvalue weighted by molar-refractivity contribution is 0.595. The molecule has 3 heteroatoms. The first kappa shape index (κ1) is 36.5. The molecule has 0 saturated heterocycles. The van der Waals surface area contributed by atoms with E-state index in [2.05, 4.69) is 240 Å². The summed E-state index contributed by atoms with van der Waals surface area (Å²) in [6.07, 6.45) is 6.38. The third-order valence-corrected chi connectivity index (χ3v) is 13.7. The topological polar surface area (TPSA) is 21.3 Å². The molecule has 2 aliphatic rings. The zero-order valence-electron chi connectivity index (χ0n) is 35.2. The summed E-state index contributed by atoms with van der Waals surface area (Å²) in [5.74, 6) is 0.976. The number of rotatable bonds is 7. The zero-order chi connectivity index (χ0) is 42.2. The predicted molar refractivity (Wildman–Crippen MR) is 265 cm³/mol. The van der Waals surface area contributed by atoms with E-state index in [1.54, 1.807) is 0 Å². The molecule has 2 aliphatic carbocycles. The second kappa shape index (κ2) is 14.5. The SMILES string of the molecule is C1=Cc2oc3cc(N(c4ccc(-c5ccc6c(c5)c5ccccc5n6-c5ccccc5)cc4)c4ccc5c(c4)C(c4ccccc4)(c4ccccc4)c4ccccc4-5)ccc3c2CC1. The van der Waals surface area contributed by atoms with Crippen molar-refractivity contribution in [3.05, 3.63) is 258 Å². The summed E-state index contributed by atoms with van der Waals surface area (Å²) in [6, 6.07) is 80.3. The van der Waals surface area contributed by atoms with Crippen molar-refractivity contribution in [2.75, 3.05) is 4.90 Å². The number of hydrogen-bond donors (Lipinski definition) is 0. The van der Waals surface area contributed by atoms with E-state index in [1.807, 2.05) is 0 Å². The van der Waals surface area contributed by atoms with Crippen LogP contribution in [0.2, 0.25) is 0 Å². The lowest BCUT2D eigenvalue weighted by atomic mass is 9.67. The van der Waals surface area contributed by atoms with Crippen LogP contribution in [0, 0.1) is 0 Å². The maximum absolute atomic E-state index is 6.58. The predicted octanol–water partition coefficient (Wildman–Crippen LogP) is 16.0. The molecule has 0 N–H and O–H groups in total. The standard InChI is InChI=1S/C61H42N2O/c1-4-16-43(17-5-1)61(44-18-6-2-7-19-44)55-25-13-10-22-49(55)50-35-33-47(39-56(50)61)62(48-34-36-53-52-24-12-15-27-59(52)64-60(53)40-48)46-31-28-41(29-32-46)42-30-37-58-54(38-42)51-23-11-14-26-57(51)63(58)45-20-8-3-9-21-45/h1-11,13-23,25-40H,12,24H2. The Kier molecular flexibility index (Phi) is 8.26. The fourth-order valence-corrected chi connectivity index (χ4v) is 10.9. The molecule has 9 aromatic carbocycles. The Morgan fingerprint density at radius 3 is 1.88 bits per heavy atom. The van der Waals surface area contributed by atoms with Crippen molar-refractivity contribution in [3.63, 3.8) is 0 Å². The number of allylic oxidation sites excluding steroid dienone is 1. The number of fused-ring (bicyclic) bond motifs is 9. The average Bonchev–Trinajstić information content (AvgIpc) is 4.01. The minimum absolute atomic E-state index is 0.515. The molecule has 0 amide bonds. The molecule has 0 atom stereocenters. The molecule has 3 nitrogen and oxygen atoms in total. The van der Waals surface area contributed by atoms with Gasteiger partial charge in [-0.15, -0.1) is 0 Å². The molecule has 0 radical (unpaired) electrons. The highest BCUT2D eigenvalue weighted by Crippen LogP contribution is 2.57. The monoisotopic (exact) mass is 818 g/mol. The number of anilines is 3. The molecule has 2 aromatic heterocycles. The first-order chi connectivity index (χ1) is 31.7. The molecule has 0 fully saturated rings. The van der Waals surface area contributed by atoms with Gasteiger partial charge in [-0.05, 0) is 130 Å². The second-order valence-corrected chi connectivity index (χ2v) is 17.1. The number of hydrogen-bond acceptors (Lipinski definition) is 2. The van der Waals surface area contributed by atoms with Crippen LogP contribution in [-0.2, 0) is 11.8 Å². The van der Waals surface area contributed by atoms with E-state index >= 15 is 0 Å². The molecule has 302 valence electrons. The smallest absolute Gasteiger partial charge is 0.137 e. The van der Waals surface area contributed by atoms with Gasteiger partial charge >= 0.3 is 0 Å². The third kappa shape index (κ3) is 5.47. The molecule has 0 unspecified atom stereocenters. The minimum Gasteiger partial charge on any atom is -0.456 e. The minimum atomic E-state index is -0.515. The van der Waals surface area contributed by atoms with Gasteiger partial charge in [0, 0.05) is 50.5 Å². The molecule has 13 rings (SSSR count). The Hall–Kier alpha value is -8.14. The maximum Gasteiger partial charge on any atom is 0.137 e. The number of para-hydroxylation sites is 2. The largest absolute Gasteiger partial charge is 0.456 e. The summed E-state index contributed by atoms with van der Waals surface area (Å²) < 4.78 is 8.95. The summed E-state index contributed by atoms with van der Waals surface area (Å²) in [4.78, 5) is 2.40. The van der Waals surface area contributed by atoms with Crippen LogP contribution in [0.25, 0.3) is 66.8 Å². The molecular formula is C61H42N2O. The van der Waals surface area contributed by atoms with Gasteiger partial charge in [-0.2, -0.15) is 0 Å². The van der Waals surface area contributed by atoms with Crippen LogP contribution in [0.15, 0.2) is 229 Å². The van der Waals surface area contributed by atoms with E-state index < -0.39 is 5.41 Å². The number of aromatic nitrogens is 1. The molecular weight excluding hydrogens is 777 g/mol. The van der Waals surface area contributed by atoms with Gasteiger partial charge in [0.05, 0.1) is 16.4 Å². The summed E-state index contributed by atoms with van der Waals surface area (Å²) in [6.45, 7) is 0. The van der Waals surface area contributed by atoms with Gasteiger partial charge in [0.25, 0.3) is 0 Å². The second-order valence-electron chi connectivity index (χ2n) is 17.1. The van der Waals surface area contributed by atoms with Crippen molar-refractivity contribution in [1.29, 1.82) is 0 Å². The summed E-state index contributed by atoms with van der Waals surface area (Å²) in [5, 5.41) is 3.68. The van der Waals surface area contributed by atoms with Crippen molar-refractivity contribution in [3.8, 4) is 27.9 Å². The Balaban J connectivity index is 0.986. The lowest BCUT2D eigenvalue weighted by Gasteiger charge is -2.35. The van der Waals surface area contributed by atoms with Crippen molar-refractivity contribution in [1.82, 2.24) is 4.57 Å². The molecule has 64 heavy (non-hydrogen) atoms. The van der Waals surface area contributed by atoms with E-state index in [1.165, 1.54) is 77.3 Å². The molecule has 0 spiro atoms. The van der Waals surface area contributed by atoms with Gasteiger partial charge in [-0.3, -0.25) is 0 Å². The number of benzene rings is 9. The van der Waals surface area contributed by atoms with Gasteiger partial charge in [-0.1, -0.05) is 152 Å². The van der Waals surface area contributed by atoms with Gasteiger partial charge in [0.2, 0.25) is 0 Å². The Labute approximate surface area is 372 Å². The molecule has 0 aliphatic heterocycles. The first-order valence-corrected chi connectivity index (χ1v) is 22.3. The summed E-state index contributed by atoms with van der Waals surface area (Å²) >= 11 is 0. The normalized spacial score (nSPS) is 13.6. The van der Waals surface area contributed by atoms with Gasteiger partial charge in [0.15, 0.2) is 0 Å². The quantitative estimate of drug-likeness (QED) is 0.160. The average molecular weight is 819 g/mol. The van der Waals surface area contributed by atoms with Crippen LogP contribution >= 0.6 is 0 Å². The van der Waals surface area contributed by atoms with Crippen LogP contribution < -0.4 is 4.90 Å². The van der Waals surface area contributed by atoms with Crippen LogP contribution in [-0.4, -0.2) is 4.57 Å². The van der Waals surface area contributed by atoms with Crippen molar-refractivity contribution in [2.45, 2.75) is 18.3 Å². The molecule has 11 aromatic rings. The van der Waals surface area contributed by atoms with E-state index in [4.69, 9.17) is 4.42 Å². The lowest BCUT2D eigenvalue weighted by Crippen LogP contribution is -2.28. The van der Waals surface area contributed by atoms with E-state index in [0.717, 1.165) is 46.9 Å². The van der Waals surface area contributed by atoms with Crippen molar-refractivity contribution >= 4 is 55.9 Å². The number of nitrogens with zero attached hydrogens (tertiary/aromatic N) is 2. The summed E-state index contributed by atoms with van der Waals surface area (Å²) in [7, 11) is 0. The number of aryl methyl sites for hydroxylation is 1. The van der Waals surface area contributed by atoms with Gasteiger partial charge < -0.3 is 13.9 Å². The van der Waals surface area contributed by atoms with Crippen molar-refractivity contribution < 1.29 is 4.42 Å². The van der Waals surface area contributed by atoms with Crippen LogP contribution in [0.3, 0.4) is 0 Å². The third-order valence-electron chi connectivity index (χ3n) is 13.7.